The molecule has 0 heterocycles. The van der Waals surface area contributed by atoms with Gasteiger partial charge in [-0.05, 0) is 25.5 Å². The number of sulfonamides is 1. The molecule has 1 N–H and O–H groups in total. The molecule has 0 aliphatic rings. The summed E-state index contributed by atoms with van der Waals surface area (Å²) in [6, 6.07) is 5.64. The van der Waals surface area contributed by atoms with E-state index >= 15 is 0 Å². The van der Waals surface area contributed by atoms with Crippen molar-refractivity contribution in [3.8, 4) is 0 Å². The van der Waals surface area contributed by atoms with Crippen LogP contribution in [0.2, 0.25) is 0 Å². The minimum atomic E-state index is -3.70. The zero-order valence-electron chi connectivity index (χ0n) is 9.93. The topological polar surface area (TPSA) is 72.5 Å². The molecule has 1 atom stereocenters. The number of benzene rings is 1. The predicted octanol–water partition coefficient (Wildman–Crippen LogP) is 0.835. The van der Waals surface area contributed by atoms with Crippen molar-refractivity contribution in [3.63, 3.8) is 0 Å². The summed E-state index contributed by atoms with van der Waals surface area (Å²) in [4.78, 5) is 11.3. The highest BCUT2D eigenvalue weighted by Crippen LogP contribution is 2.14. The summed E-state index contributed by atoms with van der Waals surface area (Å²) >= 11 is 0. The normalized spacial score (nSPS) is 13.1. The van der Waals surface area contributed by atoms with Gasteiger partial charge >= 0.3 is 5.97 Å². The van der Waals surface area contributed by atoms with E-state index in [1.807, 2.05) is 0 Å². The van der Waals surface area contributed by atoms with Gasteiger partial charge in [-0.1, -0.05) is 18.2 Å². The Kier molecular flexibility index (Phi) is 4.25. The van der Waals surface area contributed by atoms with E-state index in [4.69, 9.17) is 0 Å². The first-order chi connectivity index (χ1) is 7.88. The summed E-state index contributed by atoms with van der Waals surface area (Å²) in [5, 5.41) is 0. The van der Waals surface area contributed by atoms with Crippen molar-refractivity contribution in [2.24, 2.45) is 0 Å². The maximum absolute atomic E-state index is 12.0. The summed E-state index contributed by atoms with van der Waals surface area (Å²) in [5.41, 5.74) is 0.622. The van der Waals surface area contributed by atoms with Crippen LogP contribution in [0.25, 0.3) is 0 Å². The van der Waals surface area contributed by atoms with Crippen molar-refractivity contribution >= 4 is 16.0 Å². The summed E-state index contributed by atoms with van der Waals surface area (Å²) in [5.74, 6) is -0.623. The number of carbonyl (C=O) groups excluding carboxylic acids is 1. The molecule has 6 heteroatoms. The van der Waals surface area contributed by atoms with Crippen LogP contribution in [0.3, 0.4) is 0 Å². The number of esters is 1. The van der Waals surface area contributed by atoms with E-state index in [2.05, 4.69) is 9.46 Å². The van der Waals surface area contributed by atoms with Crippen LogP contribution in [-0.4, -0.2) is 27.5 Å². The van der Waals surface area contributed by atoms with Crippen LogP contribution < -0.4 is 4.72 Å². The van der Waals surface area contributed by atoms with Gasteiger partial charge in [-0.2, -0.15) is 4.72 Å². The Bertz CT molecular complexity index is 510. The summed E-state index contributed by atoms with van der Waals surface area (Å²) in [6.07, 6.45) is 0. The molecular formula is C11H15NO4S. The van der Waals surface area contributed by atoms with E-state index in [0.717, 1.165) is 0 Å². The predicted molar refractivity (Wildman–Crippen MR) is 63.0 cm³/mol. The second-order valence-electron chi connectivity index (χ2n) is 3.63. The minimum Gasteiger partial charge on any atom is -0.468 e. The number of hydrogen-bond donors (Lipinski definition) is 1. The highest BCUT2D eigenvalue weighted by atomic mass is 32.2. The Balaban J connectivity index is 2.98. The zero-order chi connectivity index (χ0) is 13.1. The fourth-order valence-electron chi connectivity index (χ4n) is 1.38. The highest BCUT2D eigenvalue weighted by Gasteiger charge is 2.23. The molecule has 0 spiro atoms. The summed E-state index contributed by atoms with van der Waals surface area (Å²) in [6.45, 7) is 3.12. The molecule has 0 aromatic heterocycles. The van der Waals surface area contributed by atoms with E-state index < -0.39 is 22.0 Å². The van der Waals surface area contributed by atoms with Gasteiger partial charge in [0.2, 0.25) is 10.0 Å². The highest BCUT2D eigenvalue weighted by molar-refractivity contribution is 7.89. The lowest BCUT2D eigenvalue weighted by atomic mass is 10.2. The molecule has 17 heavy (non-hydrogen) atoms. The lowest BCUT2D eigenvalue weighted by molar-refractivity contribution is -0.142. The van der Waals surface area contributed by atoms with Gasteiger partial charge in [0.1, 0.15) is 6.04 Å². The molecule has 0 unspecified atom stereocenters. The number of carbonyl (C=O) groups is 1. The van der Waals surface area contributed by atoms with Crippen LogP contribution in [0.5, 0.6) is 0 Å². The second-order valence-corrected chi connectivity index (χ2v) is 5.31. The van der Waals surface area contributed by atoms with Gasteiger partial charge in [-0.25, -0.2) is 8.42 Å². The number of hydrogen-bond acceptors (Lipinski definition) is 4. The first kappa shape index (κ1) is 13.7. The first-order valence-electron chi connectivity index (χ1n) is 5.04. The molecule has 0 saturated heterocycles. The van der Waals surface area contributed by atoms with Crippen molar-refractivity contribution in [2.75, 3.05) is 7.11 Å². The Morgan fingerprint density at radius 3 is 2.47 bits per heavy atom. The number of aryl methyl sites for hydroxylation is 1. The third-order valence-corrected chi connectivity index (χ3v) is 3.97. The maximum atomic E-state index is 12.0. The van der Waals surface area contributed by atoms with E-state index in [1.54, 1.807) is 25.1 Å². The summed E-state index contributed by atoms with van der Waals surface area (Å²) in [7, 11) is -2.49. The molecule has 0 radical (unpaired) electrons. The Labute approximate surface area is 101 Å². The lowest BCUT2D eigenvalue weighted by Crippen LogP contribution is -2.39. The van der Waals surface area contributed by atoms with Crippen LogP contribution >= 0.6 is 0 Å². The third kappa shape index (κ3) is 3.28. The molecule has 5 nitrogen and oxygen atoms in total. The minimum absolute atomic E-state index is 0.163. The number of methoxy groups -OCH3 is 1. The van der Waals surface area contributed by atoms with Crippen LogP contribution in [0, 0.1) is 6.92 Å². The van der Waals surface area contributed by atoms with Crippen molar-refractivity contribution in [1.82, 2.24) is 4.72 Å². The maximum Gasteiger partial charge on any atom is 0.323 e. The molecule has 1 aromatic carbocycles. The molecule has 0 bridgehead atoms. The van der Waals surface area contributed by atoms with Crippen LogP contribution in [0.15, 0.2) is 29.2 Å². The SMILES string of the molecule is COC(=O)[C@H](C)NS(=O)(=O)c1ccccc1C. The molecule has 1 rings (SSSR count). The van der Waals surface area contributed by atoms with Crippen molar-refractivity contribution in [2.45, 2.75) is 24.8 Å². The number of rotatable bonds is 4. The summed E-state index contributed by atoms with van der Waals surface area (Å²) < 4.78 is 30.6. The molecule has 0 aliphatic heterocycles. The standard InChI is InChI=1S/C11H15NO4S/c1-8-6-4-5-7-10(8)17(14,15)12-9(2)11(13)16-3/h4-7,9,12H,1-3H3/t9-/m0/s1. The van der Waals surface area contributed by atoms with Gasteiger partial charge in [0.25, 0.3) is 0 Å². The van der Waals surface area contributed by atoms with Gasteiger partial charge in [0.05, 0.1) is 12.0 Å². The van der Waals surface area contributed by atoms with Gasteiger partial charge in [0.15, 0.2) is 0 Å². The van der Waals surface area contributed by atoms with Crippen molar-refractivity contribution in [3.05, 3.63) is 29.8 Å². The molecule has 0 aliphatic carbocycles. The Morgan fingerprint density at radius 1 is 1.35 bits per heavy atom. The van der Waals surface area contributed by atoms with Gasteiger partial charge in [-0.15, -0.1) is 0 Å². The fraction of sp³-hybridized carbons (Fsp3) is 0.364. The Morgan fingerprint density at radius 2 is 1.94 bits per heavy atom. The smallest absolute Gasteiger partial charge is 0.323 e. The first-order valence-corrected chi connectivity index (χ1v) is 6.52. The fourth-order valence-corrected chi connectivity index (χ4v) is 2.82. The van der Waals surface area contributed by atoms with E-state index in [-0.39, 0.29) is 4.90 Å². The third-order valence-electron chi connectivity index (χ3n) is 2.27. The molecule has 94 valence electrons. The van der Waals surface area contributed by atoms with Gasteiger partial charge < -0.3 is 4.74 Å². The van der Waals surface area contributed by atoms with E-state index in [1.165, 1.54) is 20.1 Å². The zero-order valence-corrected chi connectivity index (χ0v) is 10.7. The number of nitrogens with one attached hydrogen (secondary N) is 1. The van der Waals surface area contributed by atoms with E-state index in [9.17, 15) is 13.2 Å². The van der Waals surface area contributed by atoms with E-state index in [0.29, 0.717) is 5.56 Å². The van der Waals surface area contributed by atoms with Crippen LogP contribution in [0.4, 0.5) is 0 Å². The van der Waals surface area contributed by atoms with Crippen LogP contribution in [0.1, 0.15) is 12.5 Å². The average Bonchev–Trinajstić information content (AvgIpc) is 2.27. The average molecular weight is 257 g/mol. The van der Waals surface area contributed by atoms with Crippen molar-refractivity contribution in [1.29, 1.82) is 0 Å². The van der Waals surface area contributed by atoms with Crippen LogP contribution in [-0.2, 0) is 19.6 Å². The Hall–Kier alpha value is -1.40. The molecule has 0 fully saturated rings. The largest absolute Gasteiger partial charge is 0.468 e. The van der Waals surface area contributed by atoms with Gasteiger partial charge in [-0.3, -0.25) is 4.79 Å². The van der Waals surface area contributed by atoms with Crippen molar-refractivity contribution < 1.29 is 17.9 Å². The number of ether oxygens (including phenoxy) is 1. The molecule has 1 aromatic rings. The second kappa shape index (κ2) is 5.29. The monoisotopic (exact) mass is 257 g/mol. The molecule has 0 saturated carbocycles. The van der Waals surface area contributed by atoms with Gasteiger partial charge in [0, 0.05) is 0 Å². The molecule has 0 amide bonds. The molecular weight excluding hydrogens is 242 g/mol. The quantitative estimate of drug-likeness (QED) is 0.811. The lowest BCUT2D eigenvalue weighted by Gasteiger charge is -2.13.